The van der Waals surface area contributed by atoms with Gasteiger partial charge in [0, 0.05) is 0 Å². The zero-order valence-electron chi connectivity index (χ0n) is 28.0. The lowest BCUT2D eigenvalue weighted by Gasteiger charge is -2.15. The molecule has 37 heavy (non-hydrogen) atoms. The van der Waals surface area contributed by atoms with Crippen LogP contribution in [0.1, 0.15) is 133 Å². The van der Waals surface area contributed by atoms with E-state index in [1.165, 1.54) is 54.0 Å². The minimum atomic E-state index is 1.04. The molecule has 0 N–H and O–H groups in total. The molecule has 0 bridgehead atoms. The molecule has 4 rings (SSSR count). The van der Waals surface area contributed by atoms with Crippen molar-refractivity contribution in [3.8, 4) is 0 Å². The lowest BCUT2D eigenvalue weighted by Crippen LogP contribution is -1.99. The topological polar surface area (TPSA) is 0 Å². The molecule has 3 aromatic rings. The van der Waals surface area contributed by atoms with Gasteiger partial charge in [0.1, 0.15) is 0 Å². The molecule has 0 nitrogen and oxygen atoms in total. The first-order chi connectivity index (χ1) is 18.1. The van der Waals surface area contributed by atoms with Gasteiger partial charge in [-0.2, -0.15) is 0 Å². The molecule has 1 saturated carbocycles. The van der Waals surface area contributed by atoms with E-state index in [1.54, 1.807) is 0 Å². The van der Waals surface area contributed by atoms with E-state index in [0.29, 0.717) is 0 Å². The maximum Gasteiger partial charge on any atom is -0.0181 e. The molecule has 0 spiro atoms. The Morgan fingerprint density at radius 2 is 0.838 bits per heavy atom. The third-order valence-electron chi connectivity index (χ3n) is 4.74. The number of aryl methyl sites for hydroxylation is 2. The maximum atomic E-state index is 2.36. The number of hydrogen-bond donors (Lipinski definition) is 0. The van der Waals surface area contributed by atoms with Crippen LogP contribution in [-0.2, 0) is 0 Å². The lowest BCUT2D eigenvalue weighted by molar-refractivity contribution is 0.385. The van der Waals surface area contributed by atoms with Gasteiger partial charge in [0.2, 0.25) is 0 Å². The van der Waals surface area contributed by atoms with Crippen molar-refractivity contribution in [1.29, 1.82) is 0 Å². The maximum absolute atomic E-state index is 2.36. The van der Waals surface area contributed by atoms with Crippen LogP contribution in [0.25, 0.3) is 10.8 Å². The molecule has 0 unspecified atom stereocenters. The first kappa shape index (κ1) is 44.9. The fraction of sp³-hybridized carbons (Fsp3) is 0.568. The van der Waals surface area contributed by atoms with Crippen LogP contribution in [0.4, 0.5) is 0 Å². The Kier molecular flexibility index (Phi) is 49.8. The Morgan fingerprint density at radius 3 is 1.19 bits per heavy atom. The minimum absolute atomic E-state index is 1.04. The van der Waals surface area contributed by atoms with Gasteiger partial charge in [-0.05, 0) is 30.5 Å². The highest BCUT2D eigenvalue weighted by molar-refractivity contribution is 5.82. The third-order valence-corrected chi connectivity index (χ3v) is 4.74. The smallest absolute Gasteiger partial charge is 0.0181 e. The summed E-state index contributed by atoms with van der Waals surface area (Å²) < 4.78 is 0. The lowest BCUT2D eigenvalue weighted by atomic mass is 9.91. The van der Waals surface area contributed by atoms with Crippen molar-refractivity contribution in [2.24, 2.45) is 5.92 Å². The van der Waals surface area contributed by atoms with Gasteiger partial charge in [-0.25, -0.2) is 0 Å². The predicted molar refractivity (Wildman–Crippen MR) is 180 cm³/mol. The van der Waals surface area contributed by atoms with Crippen molar-refractivity contribution in [2.75, 3.05) is 0 Å². The van der Waals surface area contributed by atoms with Crippen LogP contribution in [-0.4, -0.2) is 0 Å². The Bertz CT molecular complexity index is 721. The van der Waals surface area contributed by atoms with Crippen molar-refractivity contribution >= 4 is 10.8 Å². The Labute approximate surface area is 236 Å². The molecule has 216 valence electrons. The fourth-order valence-corrected chi connectivity index (χ4v) is 3.15. The fourth-order valence-electron chi connectivity index (χ4n) is 3.15. The van der Waals surface area contributed by atoms with Gasteiger partial charge in [0.15, 0.2) is 0 Å². The average Bonchev–Trinajstić information content (AvgIpc) is 3.01. The zero-order chi connectivity index (χ0) is 29.9. The summed E-state index contributed by atoms with van der Waals surface area (Å²) in [5.41, 5.74) is 2.64. The predicted octanol–water partition coefficient (Wildman–Crippen LogP) is 13.9. The summed E-state index contributed by atoms with van der Waals surface area (Å²) in [6.45, 7) is 30.6. The SMILES string of the molecule is CC.CC.CC.CC.CC.CC.CC1CCCCC1.Cc1ccc2ccccc2c1.Cc1ccccc1. The van der Waals surface area contributed by atoms with E-state index in [1.807, 2.05) is 101 Å². The molecule has 0 atom stereocenters. The van der Waals surface area contributed by atoms with E-state index in [0.717, 1.165) is 5.92 Å². The first-order valence-corrected chi connectivity index (χ1v) is 15.6. The molecule has 0 aliphatic heterocycles. The van der Waals surface area contributed by atoms with Gasteiger partial charge < -0.3 is 0 Å². The van der Waals surface area contributed by atoms with Crippen LogP contribution in [0, 0.1) is 19.8 Å². The molecule has 0 amide bonds. The van der Waals surface area contributed by atoms with Crippen LogP contribution >= 0.6 is 0 Å². The van der Waals surface area contributed by atoms with Gasteiger partial charge in [-0.15, -0.1) is 0 Å². The standard InChI is InChI=1S/C11H10.C7H14.C7H8.6C2H6/c1-9-6-7-10-4-2-3-5-11(10)8-9;2*1-7-5-3-2-4-6-7;6*1-2/h2-8H,1H3;7H,2-6H2,1H3;2-6H,1H3;6*1-2H3. The average molecular weight is 513 g/mol. The van der Waals surface area contributed by atoms with Crippen LogP contribution in [0.2, 0.25) is 0 Å². The highest BCUT2D eigenvalue weighted by Gasteiger charge is 2.05. The number of hydrogen-bond acceptors (Lipinski definition) is 0. The molecule has 1 aliphatic carbocycles. The Balaban J connectivity index is -0.000000117. The van der Waals surface area contributed by atoms with Crippen LogP contribution in [0.3, 0.4) is 0 Å². The summed E-state index contributed by atoms with van der Waals surface area (Å²) in [7, 11) is 0. The molecule has 0 heterocycles. The molecule has 0 saturated heterocycles. The summed E-state index contributed by atoms with van der Waals surface area (Å²) in [5, 5.41) is 2.64. The van der Waals surface area contributed by atoms with E-state index in [2.05, 4.69) is 75.4 Å². The molecule has 1 aliphatic rings. The van der Waals surface area contributed by atoms with E-state index in [9.17, 15) is 0 Å². The van der Waals surface area contributed by atoms with Crippen molar-refractivity contribution < 1.29 is 0 Å². The molecule has 3 aromatic carbocycles. The highest BCUT2D eigenvalue weighted by Crippen LogP contribution is 2.22. The minimum Gasteiger partial charge on any atom is -0.0683 e. The van der Waals surface area contributed by atoms with Crippen molar-refractivity contribution in [1.82, 2.24) is 0 Å². The first-order valence-electron chi connectivity index (χ1n) is 15.6. The van der Waals surface area contributed by atoms with E-state index >= 15 is 0 Å². The van der Waals surface area contributed by atoms with Crippen LogP contribution < -0.4 is 0 Å². The van der Waals surface area contributed by atoms with E-state index in [-0.39, 0.29) is 0 Å². The molecule has 0 radical (unpaired) electrons. The van der Waals surface area contributed by atoms with E-state index in [4.69, 9.17) is 0 Å². The van der Waals surface area contributed by atoms with Gasteiger partial charge in [-0.1, -0.05) is 206 Å². The van der Waals surface area contributed by atoms with Gasteiger partial charge >= 0.3 is 0 Å². The molecule has 0 heteroatoms. The Hall–Kier alpha value is -2.08. The van der Waals surface area contributed by atoms with Crippen molar-refractivity contribution in [3.63, 3.8) is 0 Å². The summed E-state index contributed by atoms with van der Waals surface area (Å²) in [5.74, 6) is 1.04. The zero-order valence-corrected chi connectivity index (χ0v) is 28.0. The molecular weight excluding hydrogens is 444 g/mol. The van der Waals surface area contributed by atoms with Crippen LogP contribution in [0.15, 0.2) is 72.8 Å². The Morgan fingerprint density at radius 1 is 0.432 bits per heavy atom. The van der Waals surface area contributed by atoms with Crippen molar-refractivity contribution in [3.05, 3.63) is 83.9 Å². The van der Waals surface area contributed by atoms with Gasteiger partial charge in [0.05, 0.1) is 0 Å². The van der Waals surface area contributed by atoms with E-state index < -0.39 is 0 Å². The molecule has 0 aromatic heterocycles. The normalized spacial score (nSPS) is 10.5. The quantitative estimate of drug-likeness (QED) is 0.281. The third kappa shape index (κ3) is 30.0. The van der Waals surface area contributed by atoms with Gasteiger partial charge in [-0.3, -0.25) is 0 Å². The number of benzene rings is 3. The second-order valence-corrected chi connectivity index (χ2v) is 7.25. The number of fused-ring (bicyclic) bond motifs is 1. The van der Waals surface area contributed by atoms with Crippen LogP contribution in [0.5, 0.6) is 0 Å². The molecule has 1 fully saturated rings. The summed E-state index contributed by atoms with van der Waals surface area (Å²) in [6.07, 6.45) is 7.44. The van der Waals surface area contributed by atoms with Gasteiger partial charge in [0.25, 0.3) is 0 Å². The largest absolute Gasteiger partial charge is 0.0683 e. The summed E-state index contributed by atoms with van der Waals surface area (Å²) in [4.78, 5) is 0. The highest BCUT2D eigenvalue weighted by atomic mass is 14.1. The summed E-state index contributed by atoms with van der Waals surface area (Å²) in [6, 6.07) is 25.2. The summed E-state index contributed by atoms with van der Waals surface area (Å²) >= 11 is 0. The van der Waals surface area contributed by atoms with Crippen molar-refractivity contribution in [2.45, 2.75) is 136 Å². The second-order valence-electron chi connectivity index (χ2n) is 7.25. The second kappa shape index (κ2) is 41.1. The monoisotopic (exact) mass is 513 g/mol. The number of rotatable bonds is 0. The molecular formula is C37H68.